The minimum Gasteiger partial charge on any atom is -0.379 e. The molecule has 0 bridgehead atoms. The molecule has 3 aromatic rings. The summed E-state index contributed by atoms with van der Waals surface area (Å²) in [5, 5.41) is 11.0. The van der Waals surface area contributed by atoms with Crippen molar-refractivity contribution in [2.45, 2.75) is 11.8 Å². The molecule has 2 aromatic heterocycles. The Hall–Kier alpha value is -2.52. The molecule has 10 heteroatoms. The monoisotopic (exact) mass is 351 g/mol. The van der Waals surface area contributed by atoms with Crippen molar-refractivity contribution in [3.05, 3.63) is 53.6 Å². The molecule has 0 saturated heterocycles. The van der Waals surface area contributed by atoms with Crippen LogP contribution in [0.4, 0.5) is 0 Å². The fourth-order valence-corrected chi connectivity index (χ4v) is 2.86. The Balaban J connectivity index is 1.91. The van der Waals surface area contributed by atoms with E-state index in [0.717, 1.165) is 6.20 Å². The molecule has 1 aromatic carbocycles. The van der Waals surface area contributed by atoms with Crippen molar-refractivity contribution in [1.82, 2.24) is 25.2 Å². The smallest absolute Gasteiger partial charge is 0.340 e. The lowest BCUT2D eigenvalue weighted by atomic mass is 10.3. The number of benzene rings is 1. The van der Waals surface area contributed by atoms with Gasteiger partial charge in [0, 0.05) is 6.07 Å². The lowest BCUT2D eigenvalue weighted by Gasteiger charge is -2.09. The fraction of sp³-hybridized carbons (Fsp3) is 0.0769. The van der Waals surface area contributed by atoms with E-state index in [0.29, 0.717) is 11.3 Å². The standard InChI is InChI=1S/C13H10ClN5O3S/c1-9-5-12(7-15-13(9)14)23(20,21)22-11-4-2-3-10(6-11)19-8-16-17-18-19/h2-8H,1H3. The van der Waals surface area contributed by atoms with E-state index >= 15 is 0 Å². The summed E-state index contributed by atoms with van der Waals surface area (Å²) in [5.41, 5.74) is 1.10. The normalized spacial score (nSPS) is 11.4. The predicted octanol–water partition coefficient (Wildman–Crippen LogP) is 1.79. The van der Waals surface area contributed by atoms with Crippen LogP contribution >= 0.6 is 11.6 Å². The number of nitrogens with zero attached hydrogens (tertiary/aromatic N) is 5. The molecule has 0 aliphatic carbocycles. The van der Waals surface area contributed by atoms with Crippen LogP contribution in [0.2, 0.25) is 5.15 Å². The highest BCUT2D eigenvalue weighted by Crippen LogP contribution is 2.22. The van der Waals surface area contributed by atoms with E-state index < -0.39 is 10.1 Å². The Morgan fingerprint density at radius 3 is 2.78 bits per heavy atom. The molecule has 0 fully saturated rings. The Kier molecular flexibility index (Phi) is 3.97. The molecule has 118 valence electrons. The second-order valence-corrected chi connectivity index (χ2v) is 6.47. The summed E-state index contributed by atoms with van der Waals surface area (Å²) < 4.78 is 31.1. The number of aryl methyl sites for hydroxylation is 1. The van der Waals surface area contributed by atoms with Crippen molar-refractivity contribution < 1.29 is 12.6 Å². The molecule has 0 radical (unpaired) electrons. The van der Waals surface area contributed by atoms with Gasteiger partial charge in [-0.3, -0.25) is 0 Å². The molecule has 0 unspecified atom stereocenters. The molecule has 0 atom stereocenters. The number of rotatable bonds is 4. The number of hydrogen-bond acceptors (Lipinski definition) is 7. The zero-order valence-electron chi connectivity index (χ0n) is 11.8. The summed E-state index contributed by atoms with van der Waals surface area (Å²) >= 11 is 5.80. The van der Waals surface area contributed by atoms with E-state index in [4.69, 9.17) is 15.8 Å². The van der Waals surface area contributed by atoms with Crippen LogP contribution in [0.5, 0.6) is 5.75 Å². The van der Waals surface area contributed by atoms with Crippen LogP contribution in [-0.4, -0.2) is 33.6 Å². The van der Waals surface area contributed by atoms with E-state index in [1.807, 2.05) is 0 Å². The Bertz CT molecular complexity index is 944. The fourth-order valence-electron chi connectivity index (χ4n) is 1.80. The average molecular weight is 352 g/mol. The van der Waals surface area contributed by atoms with Gasteiger partial charge in [0.15, 0.2) is 0 Å². The first-order valence-corrected chi connectivity index (χ1v) is 8.14. The topological polar surface area (TPSA) is 99.9 Å². The SMILES string of the molecule is Cc1cc(S(=O)(=O)Oc2cccc(-n3cnnn3)c2)cnc1Cl. The number of tetrazole rings is 1. The minimum absolute atomic E-state index is 0.0766. The lowest BCUT2D eigenvalue weighted by Crippen LogP contribution is -2.11. The summed E-state index contributed by atoms with van der Waals surface area (Å²) in [6.45, 7) is 1.66. The van der Waals surface area contributed by atoms with Gasteiger partial charge in [0.25, 0.3) is 0 Å². The second-order valence-electron chi connectivity index (χ2n) is 4.57. The van der Waals surface area contributed by atoms with Crippen LogP contribution in [0.15, 0.2) is 47.8 Å². The highest BCUT2D eigenvalue weighted by atomic mass is 35.5. The minimum atomic E-state index is -4.02. The highest BCUT2D eigenvalue weighted by molar-refractivity contribution is 7.87. The largest absolute Gasteiger partial charge is 0.379 e. The van der Waals surface area contributed by atoms with Gasteiger partial charge in [-0.25, -0.2) is 9.67 Å². The molecule has 2 heterocycles. The summed E-state index contributed by atoms with van der Waals surface area (Å²) in [6.07, 6.45) is 2.54. The van der Waals surface area contributed by atoms with E-state index in [2.05, 4.69) is 20.5 Å². The molecule has 0 amide bonds. The molecular formula is C13H10ClN5O3S. The maximum Gasteiger partial charge on any atom is 0.340 e. The van der Waals surface area contributed by atoms with Crippen molar-refractivity contribution in [3.8, 4) is 11.4 Å². The molecular weight excluding hydrogens is 342 g/mol. The molecule has 8 nitrogen and oxygen atoms in total. The van der Waals surface area contributed by atoms with Crippen LogP contribution in [0.3, 0.4) is 0 Å². The van der Waals surface area contributed by atoms with Gasteiger partial charge >= 0.3 is 10.1 Å². The van der Waals surface area contributed by atoms with Crippen LogP contribution < -0.4 is 4.18 Å². The average Bonchev–Trinajstić information content (AvgIpc) is 3.04. The highest BCUT2D eigenvalue weighted by Gasteiger charge is 2.18. The molecule has 23 heavy (non-hydrogen) atoms. The van der Waals surface area contributed by atoms with Crippen molar-refractivity contribution in [1.29, 1.82) is 0 Å². The maximum atomic E-state index is 12.3. The van der Waals surface area contributed by atoms with E-state index in [9.17, 15) is 8.42 Å². The van der Waals surface area contributed by atoms with Gasteiger partial charge in [-0.05, 0) is 41.1 Å². The van der Waals surface area contributed by atoms with Gasteiger partial charge in [0.2, 0.25) is 0 Å². The number of aromatic nitrogens is 5. The van der Waals surface area contributed by atoms with E-state index in [-0.39, 0.29) is 15.8 Å². The van der Waals surface area contributed by atoms with Crippen LogP contribution in [0.25, 0.3) is 5.69 Å². The van der Waals surface area contributed by atoms with Gasteiger partial charge in [0.05, 0.1) is 11.9 Å². The third-order valence-corrected chi connectivity index (χ3v) is 4.52. The van der Waals surface area contributed by atoms with Gasteiger partial charge in [-0.15, -0.1) is 5.10 Å². The summed E-state index contributed by atoms with van der Waals surface area (Å²) in [5.74, 6) is 0.130. The maximum absolute atomic E-state index is 12.3. The van der Waals surface area contributed by atoms with Crippen molar-refractivity contribution in [2.75, 3.05) is 0 Å². The third kappa shape index (κ3) is 3.30. The molecule has 0 N–H and O–H groups in total. The van der Waals surface area contributed by atoms with E-state index in [1.54, 1.807) is 19.1 Å². The lowest BCUT2D eigenvalue weighted by molar-refractivity contribution is 0.485. The number of hydrogen-bond donors (Lipinski definition) is 0. The molecule has 0 aliphatic rings. The first-order chi connectivity index (χ1) is 11.0. The predicted molar refractivity (Wildman–Crippen MR) is 81.0 cm³/mol. The van der Waals surface area contributed by atoms with Gasteiger partial charge < -0.3 is 4.18 Å². The van der Waals surface area contributed by atoms with Crippen molar-refractivity contribution in [3.63, 3.8) is 0 Å². The quantitative estimate of drug-likeness (QED) is 0.521. The summed E-state index contributed by atoms with van der Waals surface area (Å²) in [6, 6.07) is 7.76. The zero-order chi connectivity index (χ0) is 16.4. The third-order valence-electron chi connectivity index (χ3n) is 2.92. The number of halogens is 1. The second kappa shape index (κ2) is 5.94. The van der Waals surface area contributed by atoms with Crippen molar-refractivity contribution in [2.24, 2.45) is 0 Å². The first-order valence-electron chi connectivity index (χ1n) is 6.36. The van der Waals surface area contributed by atoms with Crippen LogP contribution in [0.1, 0.15) is 5.56 Å². The van der Waals surface area contributed by atoms with Crippen LogP contribution in [-0.2, 0) is 10.1 Å². The molecule has 0 aliphatic heterocycles. The van der Waals surface area contributed by atoms with Gasteiger partial charge in [-0.2, -0.15) is 8.42 Å². The van der Waals surface area contributed by atoms with Gasteiger partial charge in [0.1, 0.15) is 22.1 Å². The molecule has 0 saturated carbocycles. The number of pyridine rings is 1. The molecule has 0 spiro atoms. The molecule has 3 rings (SSSR count). The Morgan fingerprint density at radius 2 is 2.09 bits per heavy atom. The van der Waals surface area contributed by atoms with Crippen molar-refractivity contribution >= 4 is 21.7 Å². The van der Waals surface area contributed by atoms with Crippen LogP contribution in [0, 0.1) is 6.92 Å². The zero-order valence-corrected chi connectivity index (χ0v) is 13.4. The summed E-state index contributed by atoms with van der Waals surface area (Å²) in [4.78, 5) is 3.74. The first kappa shape index (κ1) is 15.4. The van der Waals surface area contributed by atoms with Gasteiger partial charge in [-0.1, -0.05) is 17.7 Å². The summed E-state index contributed by atoms with van der Waals surface area (Å²) in [7, 11) is -4.02. The Morgan fingerprint density at radius 1 is 1.26 bits per heavy atom. The Labute approximate surface area is 136 Å². The van der Waals surface area contributed by atoms with E-state index in [1.165, 1.54) is 29.2 Å².